The highest BCUT2D eigenvalue weighted by molar-refractivity contribution is 8.00. The van der Waals surface area contributed by atoms with Gasteiger partial charge >= 0.3 is 5.51 Å². The van der Waals surface area contributed by atoms with Crippen molar-refractivity contribution in [3.05, 3.63) is 29.8 Å². The van der Waals surface area contributed by atoms with E-state index in [1.807, 2.05) is 0 Å². The standard InChI is InChI=1S/C12H16F3NS/c1-2-3-4-11(16)9-5-7-10(8-6-9)17-12(13,14)15/h5-8,11H,2-4,16H2,1H3/t11-/m1/s1. The second-order valence-corrected chi connectivity index (χ2v) is 5.00. The summed E-state index contributed by atoms with van der Waals surface area (Å²) in [4.78, 5) is 0.198. The summed E-state index contributed by atoms with van der Waals surface area (Å²) < 4.78 is 36.3. The Hall–Kier alpha value is -0.680. The Morgan fingerprint density at radius 1 is 1.24 bits per heavy atom. The van der Waals surface area contributed by atoms with Crippen molar-refractivity contribution in [2.75, 3.05) is 0 Å². The lowest BCUT2D eigenvalue weighted by atomic mass is 10.0. The van der Waals surface area contributed by atoms with Crippen LogP contribution in [0.4, 0.5) is 13.2 Å². The van der Waals surface area contributed by atoms with Crippen LogP contribution in [-0.2, 0) is 0 Å². The average Bonchev–Trinajstić information content (AvgIpc) is 2.24. The van der Waals surface area contributed by atoms with Gasteiger partial charge in [-0.3, -0.25) is 0 Å². The first-order valence-electron chi connectivity index (χ1n) is 5.53. The molecule has 0 spiro atoms. The molecule has 96 valence electrons. The third-order valence-electron chi connectivity index (χ3n) is 2.41. The number of rotatable bonds is 5. The summed E-state index contributed by atoms with van der Waals surface area (Å²) in [5.74, 6) is 0. The molecule has 0 aromatic heterocycles. The fraction of sp³-hybridized carbons (Fsp3) is 0.500. The molecular weight excluding hydrogens is 247 g/mol. The summed E-state index contributed by atoms with van der Waals surface area (Å²) in [7, 11) is 0. The number of unbranched alkanes of at least 4 members (excludes halogenated alkanes) is 1. The molecule has 1 aromatic carbocycles. The molecule has 0 unspecified atom stereocenters. The minimum Gasteiger partial charge on any atom is -0.324 e. The van der Waals surface area contributed by atoms with Gasteiger partial charge in [0.05, 0.1) is 0 Å². The summed E-state index contributed by atoms with van der Waals surface area (Å²) in [6.07, 6.45) is 2.96. The maximum Gasteiger partial charge on any atom is 0.446 e. The van der Waals surface area contributed by atoms with E-state index < -0.39 is 5.51 Å². The number of thioether (sulfide) groups is 1. The molecule has 2 N–H and O–H groups in total. The van der Waals surface area contributed by atoms with E-state index in [0.29, 0.717) is 0 Å². The molecular formula is C12H16F3NS. The van der Waals surface area contributed by atoms with Gasteiger partial charge in [-0.25, -0.2) is 0 Å². The van der Waals surface area contributed by atoms with Crippen LogP contribution in [0, 0.1) is 0 Å². The van der Waals surface area contributed by atoms with Crippen LogP contribution in [0.25, 0.3) is 0 Å². The van der Waals surface area contributed by atoms with E-state index >= 15 is 0 Å². The van der Waals surface area contributed by atoms with Gasteiger partial charge < -0.3 is 5.73 Å². The van der Waals surface area contributed by atoms with Crippen LogP contribution in [0.5, 0.6) is 0 Å². The molecule has 1 atom stereocenters. The van der Waals surface area contributed by atoms with E-state index in [0.717, 1.165) is 24.8 Å². The molecule has 1 nitrogen and oxygen atoms in total. The molecule has 5 heteroatoms. The summed E-state index contributed by atoms with van der Waals surface area (Å²) >= 11 is -0.102. The predicted molar refractivity (Wildman–Crippen MR) is 64.8 cm³/mol. The molecule has 0 amide bonds. The molecule has 0 aliphatic carbocycles. The van der Waals surface area contributed by atoms with Gasteiger partial charge in [-0.1, -0.05) is 31.9 Å². The van der Waals surface area contributed by atoms with Crippen LogP contribution in [0.1, 0.15) is 37.8 Å². The third-order valence-corrected chi connectivity index (χ3v) is 3.15. The van der Waals surface area contributed by atoms with Crippen LogP contribution in [-0.4, -0.2) is 5.51 Å². The lowest BCUT2D eigenvalue weighted by molar-refractivity contribution is -0.0328. The maximum absolute atomic E-state index is 12.1. The van der Waals surface area contributed by atoms with E-state index in [1.165, 1.54) is 12.1 Å². The highest BCUT2D eigenvalue weighted by Crippen LogP contribution is 2.37. The van der Waals surface area contributed by atoms with Crippen molar-refractivity contribution >= 4 is 11.8 Å². The zero-order chi connectivity index (χ0) is 12.9. The van der Waals surface area contributed by atoms with Crippen molar-refractivity contribution in [1.82, 2.24) is 0 Å². The number of hydrogen-bond acceptors (Lipinski definition) is 2. The predicted octanol–water partition coefficient (Wildman–Crippen LogP) is 4.49. The number of nitrogens with two attached hydrogens (primary N) is 1. The largest absolute Gasteiger partial charge is 0.446 e. The Morgan fingerprint density at radius 3 is 2.29 bits per heavy atom. The SMILES string of the molecule is CCCC[C@@H](N)c1ccc(SC(F)(F)F)cc1. The first-order valence-corrected chi connectivity index (χ1v) is 6.35. The molecule has 0 heterocycles. The second kappa shape index (κ2) is 6.31. The maximum atomic E-state index is 12.1. The monoisotopic (exact) mass is 263 g/mol. The average molecular weight is 263 g/mol. The van der Waals surface area contributed by atoms with E-state index in [9.17, 15) is 13.2 Å². The van der Waals surface area contributed by atoms with Crippen LogP contribution < -0.4 is 5.73 Å². The van der Waals surface area contributed by atoms with Crippen molar-refractivity contribution in [1.29, 1.82) is 0 Å². The number of hydrogen-bond donors (Lipinski definition) is 1. The quantitative estimate of drug-likeness (QED) is 0.792. The molecule has 0 saturated heterocycles. The highest BCUT2D eigenvalue weighted by Gasteiger charge is 2.29. The Kier molecular flexibility index (Phi) is 5.33. The Balaban J connectivity index is 2.61. The van der Waals surface area contributed by atoms with Crippen LogP contribution in [0.3, 0.4) is 0 Å². The van der Waals surface area contributed by atoms with Crippen LogP contribution >= 0.6 is 11.8 Å². The molecule has 0 radical (unpaired) electrons. The second-order valence-electron chi connectivity index (χ2n) is 3.87. The number of alkyl halides is 3. The zero-order valence-corrected chi connectivity index (χ0v) is 10.4. The fourth-order valence-corrected chi connectivity index (χ4v) is 2.05. The lowest BCUT2D eigenvalue weighted by Crippen LogP contribution is -2.09. The van der Waals surface area contributed by atoms with Crippen LogP contribution in [0.2, 0.25) is 0 Å². The molecule has 0 bridgehead atoms. The minimum atomic E-state index is -4.23. The highest BCUT2D eigenvalue weighted by atomic mass is 32.2. The molecule has 0 aliphatic rings. The first kappa shape index (κ1) is 14.4. The van der Waals surface area contributed by atoms with Gasteiger partial charge in [0.15, 0.2) is 0 Å². The molecule has 0 saturated carbocycles. The topological polar surface area (TPSA) is 26.0 Å². The van der Waals surface area contributed by atoms with Gasteiger partial charge in [0.25, 0.3) is 0 Å². The van der Waals surface area contributed by atoms with Crippen LogP contribution in [0.15, 0.2) is 29.2 Å². The smallest absolute Gasteiger partial charge is 0.324 e. The normalized spacial score (nSPS) is 13.7. The Bertz CT molecular complexity index is 335. The number of halogens is 3. The van der Waals surface area contributed by atoms with E-state index in [1.54, 1.807) is 12.1 Å². The molecule has 1 rings (SSSR count). The van der Waals surface area contributed by atoms with Crippen molar-refractivity contribution in [2.45, 2.75) is 42.6 Å². The van der Waals surface area contributed by atoms with Gasteiger partial charge in [0.2, 0.25) is 0 Å². The van der Waals surface area contributed by atoms with E-state index in [2.05, 4.69) is 6.92 Å². The fourth-order valence-electron chi connectivity index (χ4n) is 1.51. The first-order chi connectivity index (χ1) is 7.92. The van der Waals surface area contributed by atoms with E-state index in [-0.39, 0.29) is 22.7 Å². The van der Waals surface area contributed by atoms with Gasteiger partial charge in [-0.05, 0) is 35.9 Å². The van der Waals surface area contributed by atoms with Gasteiger partial charge in [-0.2, -0.15) is 13.2 Å². The third kappa shape index (κ3) is 5.46. The molecule has 0 fully saturated rings. The summed E-state index contributed by atoms with van der Waals surface area (Å²) in [5, 5.41) is 0. The Labute approximate surface area is 104 Å². The van der Waals surface area contributed by atoms with Crippen molar-refractivity contribution in [2.24, 2.45) is 5.73 Å². The van der Waals surface area contributed by atoms with E-state index in [4.69, 9.17) is 5.73 Å². The summed E-state index contributed by atoms with van der Waals surface area (Å²) in [6.45, 7) is 2.08. The molecule has 1 aromatic rings. The van der Waals surface area contributed by atoms with Gasteiger partial charge in [0, 0.05) is 10.9 Å². The van der Waals surface area contributed by atoms with Gasteiger partial charge in [0.1, 0.15) is 0 Å². The van der Waals surface area contributed by atoms with Crippen molar-refractivity contribution < 1.29 is 13.2 Å². The van der Waals surface area contributed by atoms with Crippen molar-refractivity contribution in [3.8, 4) is 0 Å². The number of benzene rings is 1. The minimum absolute atomic E-state index is 0.0834. The van der Waals surface area contributed by atoms with Gasteiger partial charge in [-0.15, -0.1) is 0 Å². The summed E-state index contributed by atoms with van der Waals surface area (Å²) in [5.41, 5.74) is 2.59. The Morgan fingerprint density at radius 2 is 1.82 bits per heavy atom. The molecule has 0 aliphatic heterocycles. The lowest BCUT2D eigenvalue weighted by Gasteiger charge is -2.12. The molecule has 17 heavy (non-hydrogen) atoms. The zero-order valence-electron chi connectivity index (χ0n) is 9.63. The van der Waals surface area contributed by atoms with Crippen molar-refractivity contribution in [3.63, 3.8) is 0 Å². The summed E-state index contributed by atoms with van der Waals surface area (Å²) in [6, 6.07) is 6.21.